The summed E-state index contributed by atoms with van der Waals surface area (Å²) in [6, 6.07) is 6.18. The molecule has 0 radical (unpaired) electrons. The number of esters is 1. The molecule has 1 heterocycles. The predicted octanol–water partition coefficient (Wildman–Crippen LogP) is 3.40. The van der Waals surface area contributed by atoms with E-state index in [1.54, 1.807) is 0 Å². The first-order valence-electron chi connectivity index (χ1n) is 5.57. The minimum atomic E-state index is -0.386. The van der Waals surface area contributed by atoms with Crippen LogP contribution in [0.3, 0.4) is 0 Å². The van der Waals surface area contributed by atoms with Crippen molar-refractivity contribution in [3.05, 3.63) is 40.3 Å². The summed E-state index contributed by atoms with van der Waals surface area (Å²) in [5.41, 5.74) is 10.5. The lowest BCUT2D eigenvalue weighted by molar-refractivity contribution is 0.0603. The molecule has 0 saturated carbocycles. The van der Waals surface area contributed by atoms with Crippen LogP contribution in [-0.4, -0.2) is 13.1 Å². The number of ether oxygens (including phenoxy) is 1. The fourth-order valence-electron chi connectivity index (χ4n) is 2.03. The van der Waals surface area contributed by atoms with Gasteiger partial charge in [-0.05, 0) is 19.4 Å². The van der Waals surface area contributed by atoms with Gasteiger partial charge in [0.2, 0.25) is 0 Å². The Labute approximate surface area is 110 Å². The number of benzene rings is 1. The second kappa shape index (κ2) is 4.82. The first-order chi connectivity index (χ1) is 8.52. The summed E-state index contributed by atoms with van der Waals surface area (Å²) in [5, 5.41) is 2.39. The molecule has 0 amide bonds. The summed E-state index contributed by atoms with van der Waals surface area (Å²) < 4.78 is 4.79. The summed E-state index contributed by atoms with van der Waals surface area (Å²) >= 11 is 1.36. The van der Waals surface area contributed by atoms with Gasteiger partial charge in [-0.2, -0.15) is 0 Å². The Balaban J connectivity index is 2.61. The third kappa shape index (κ3) is 2.24. The molecule has 0 aliphatic carbocycles. The van der Waals surface area contributed by atoms with Gasteiger partial charge in [0.15, 0.2) is 0 Å². The molecule has 0 aliphatic rings. The fraction of sp³-hybridized carbons (Fsp3) is 0.214. The van der Waals surface area contributed by atoms with Crippen LogP contribution in [0.2, 0.25) is 0 Å². The van der Waals surface area contributed by atoms with Gasteiger partial charge in [0, 0.05) is 10.9 Å². The molecule has 3 nitrogen and oxygen atoms in total. The van der Waals surface area contributed by atoms with Crippen LogP contribution in [0.5, 0.6) is 0 Å². The summed E-state index contributed by atoms with van der Waals surface area (Å²) in [4.78, 5) is 11.8. The largest absolute Gasteiger partial charge is 0.465 e. The van der Waals surface area contributed by atoms with Crippen LogP contribution in [-0.2, 0) is 4.74 Å². The standard InChI is InChI=1S/C14H15NO2S/c1-8-4-9(2)6-10(5-8)11-7-18-13(15)12(11)14(16)17-3/h4-7H,15H2,1-3H3. The van der Waals surface area contributed by atoms with Crippen LogP contribution in [0.25, 0.3) is 11.1 Å². The number of rotatable bonds is 2. The third-order valence-corrected chi connectivity index (χ3v) is 3.55. The van der Waals surface area contributed by atoms with E-state index in [4.69, 9.17) is 10.5 Å². The lowest BCUT2D eigenvalue weighted by atomic mass is 10.00. The van der Waals surface area contributed by atoms with Crippen molar-refractivity contribution < 1.29 is 9.53 Å². The summed E-state index contributed by atoms with van der Waals surface area (Å²) in [7, 11) is 1.37. The molecule has 2 aromatic rings. The molecular weight excluding hydrogens is 246 g/mol. The Morgan fingerprint density at radius 3 is 2.39 bits per heavy atom. The molecule has 18 heavy (non-hydrogen) atoms. The van der Waals surface area contributed by atoms with Gasteiger partial charge in [0.1, 0.15) is 10.6 Å². The Bertz CT molecular complexity index is 582. The van der Waals surface area contributed by atoms with Crippen LogP contribution < -0.4 is 5.73 Å². The first-order valence-corrected chi connectivity index (χ1v) is 6.45. The number of aryl methyl sites for hydroxylation is 2. The predicted molar refractivity (Wildman–Crippen MR) is 75.0 cm³/mol. The molecule has 0 unspecified atom stereocenters. The molecule has 0 aliphatic heterocycles. The topological polar surface area (TPSA) is 52.3 Å². The molecule has 0 atom stereocenters. The van der Waals surface area contributed by atoms with Gasteiger partial charge < -0.3 is 10.5 Å². The fourth-order valence-corrected chi connectivity index (χ4v) is 2.84. The molecule has 2 rings (SSSR count). The zero-order valence-corrected chi connectivity index (χ0v) is 11.4. The second-order valence-corrected chi connectivity index (χ2v) is 5.17. The van der Waals surface area contributed by atoms with Crippen molar-refractivity contribution in [2.24, 2.45) is 0 Å². The summed E-state index contributed by atoms with van der Waals surface area (Å²) in [5.74, 6) is -0.386. The Hall–Kier alpha value is -1.81. The highest BCUT2D eigenvalue weighted by atomic mass is 32.1. The molecule has 0 fully saturated rings. The highest BCUT2D eigenvalue weighted by Crippen LogP contribution is 2.34. The van der Waals surface area contributed by atoms with Gasteiger partial charge in [-0.15, -0.1) is 11.3 Å². The van der Waals surface area contributed by atoms with Crippen molar-refractivity contribution >= 4 is 22.3 Å². The molecule has 0 spiro atoms. The Morgan fingerprint density at radius 2 is 1.83 bits per heavy atom. The molecule has 0 bridgehead atoms. The molecular formula is C14H15NO2S. The van der Waals surface area contributed by atoms with E-state index in [2.05, 4.69) is 6.07 Å². The number of hydrogen-bond donors (Lipinski definition) is 1. The Morgan fingerprint density at radius 1 is 1.22 bits per heavy atom. The van der Waals surface area contributed by atoms with Gasteiger partial charge in [-0.25, -0.2) is 4.79 Å². The number of nitrogens with two attached hydrogens (primary N) is 1. The molecule has 2 N–H and O–H groups in total. The number of carbonyl (C=O) groups excluding carboxylic acids is 1. The minimum Gasteiger partial charge on any atom is -0.465 e. The molecule has 94 valence electrons. The second-order valence-electron chi connectivity index (χ2n) is 4.26. The molecule has 4 heteroatoms. The number of carbonyl (C=O) groups is 1. The van der Waals surface area contributed by atoms with Crippen LogP contribution in [0.1, 0.15) is 21.5 Å². The van der Waals surface area contributed by atoms with E-state index in [0.29, 0.717) is 10.6 Å². The van der Waals surface area contributed by atoms with Crippen LogP contribution in [0, 0.1) is 13.8 Å². The maximum atomic E-state index is 11.8. The van der Waals surface area contributed by atoms with Crippen molar-refractivity contribution in [1.82, 2.24) is 0 Å². The molecule has 1 aromatic heterocycles. The third-order valence-electron chi connectivity index (χ3n) is 2.74. The van der Waals surface area contributed by atoms with Gasteiger partial charge in [0.25, 0.3) is 0 Å². The minimum absolute atomic E-state index is 0.386. The van der Waals surface area contributed by atoms with E-state index in [1.807, 2.05) is 31.4 Å². The van der Waals surface area contributed by atoms with E-state index in [1.165, 1.54) is 18.4 Å². The average molecular weight is 261 g/mol. The quantitative estimate of drug-likeness (QED) is 0.843. The molecule has 1 aromatic carbocycles. The number of thiophene rings is 1. The van der Waals surface area contributed by atoms with Crippen molar-refractivity contribution in [3.63, 3.8) is 0 Å². The monoisotopic (exact) mass is 261 g/mol. The summed E-state index contributed by atoms with van der Waals surface area (Å²) in [6.07, 6.45) is 0. The average Bonchev–Trinajstić information content (AvgIpc) is 2.69. The number of nitrogen functional groups attached to an aromatic ring is 1. The van der Waals surface area contributed by atoms with Gasteiger partial charge in [-0.3, -0.25) is 0 Å². The highest BCUT2D eigenvalue weighted by Gasteiger charge is 2.19. The lowest BCUT2D eigenvalue weighted by Gasteiger charge is -2.06. The normalized spacial score (nSPS) is 10.4. The van der Waals surface area contributed by atoms with E-state index in [0.717, 1.165) is 22.3 Å². The van der Waals surface area contributed by atoms with Crippen LogP contribution >= 0.6 is 11.3 Å². The number of anilines is 1. The van der Waals surface area contributed by atoms with Gasteiger partial charge in [-0.1, -0.05) is 29.3 Å². The van der Waals surface area contributed by atoms with E-state index in [9.17, 15) is 4.79 Å². The lowest BCUT2D eigenvalue weighted by Crippen LogP contribution is -2.04. The van der Waals surface area contributed by atoms with E-state index < -0.39 is 0 Å². The SMILES string of the molecule is COC(=O)c1c(-c2cc(C)cc(C)c2)csc1N. The van der Waals surface area contributed by atoms with Crippen LogP contribution in [0.4, 0.5) is 5.00 Å². The number of hydrogen-bond acceptors (Lipinski definition) is 4. The van der Waals surface area contributed by atoms with Crippen molar-refractivity contribution in [2.75, 3.05) is 12.8 Å². The maximum Gasteiger partial charge on any atom is 0.341 e. The van der Waals surface area contributed by atoms with E-state index in [-0.39, 0.29) is 5.97 Å². The summed E-state index contributed by atoms with van der Waals surface area (Å²) in [6.45, 7) is 4.06. The zero-order valence-electron chi connectivity index (χ0n) is 10.6. The van der Waals surface area contributed by atoms with Crippen molar-refractivity contribution in [3.8, 4) is 11.1 Å². The zero-order chi connectivity index (χ0) is 13.3. The van der Waals surface area contributed by atoms with Crippen molar-refractivity contribution in [2.45, 2.75) is 13.8 Å². The van der Waals surface area contributed by atoms with E-state index >= 15 is 0 Å². The Kier molecular flexibility index (Phi) is 3.39. The first kappa shape index (κ1) is 12.6. The van der Waals surface area contributed by atoms with Gasteiger partial charge in [0.05, 0.1) is 7.11 Å². The maximum absolute atomic E-state index is 11.8. The van der Waals surface area contributed by atoms with Crippen LogP contribution in [0.15, 0.2) is 23.6 Å². The smallest absolute Gasteiger partial charge is 0.341 e. The number of methoxy groups -OCH3 is 1. The van der Waals surface area contributed by atoms with Gasteiger partial charge >= 0.3 is 5.97 Å². The highest BCUT2D eigenvalue weighted by molar-refractivity contribution is 7.14. The van der Waals surface area contributed by atoms with Crippen molar-refractivity contribution in [1.29, 1.82) is 0 Å². The molecule has 0 saturated heterocycles.